The average molecular weight is 305 g/mol. The van der Waals surface area contributed by atoms with Gasteiger partial charge in [-0.3, -0.25) is 9.69 Å². The highest BCUT2D eigenvalue weighted by Gasteiger charge is 2.25. The van der Waals surface area contributed by atoms with Crippen LogP contribution in [-0.4, -0.2) is 36.2 Å². The van der Waals surface area contributed by atoms with Gasteiger partial charge >= 0.3 is 5.97 Å². The van der Waals surface area contributed by atoms with Crippen molar-refractivity contribution in [3.8, 4) is 5.75 Å². The number of aliphatic carboxylic acids is 1. The fourth-order valence-corrected chi connectivity index (χ4v) is 3.19. The smallest absolute Gasteiger partial charge is 0.307 e. The number of carbonyl (C=O) groups is 1. The van der Waals surface area contributed by atoms with Gasteiger partial charge in [0.2, 0.25) is 0 Å². The number of aryl methyl sites for hydroxylation is 1. The zero-order valence-corrected chi connectivity index (χ0v) is 14.1. The Balaban J connectivity index is 2.18. The molecule has 1 N–H and O–H groups in total. The predicted molar refractivity (Wildman–Crippen MR) is 87.5 cm³/mol. The minimum Gasteiger partial charge on any atom is -0.496 e. The summed E-state index contributed by atoms with van der Waals surface area (Å²) in [5, 5.41) is 9.22. The Morgan fingerprint density at radius 2 is 2.18 bits per heavy atom. The number of hydrogen-bond acceptors (Lipinski definition) is 3. The molecule has 1 unspecified atom stereocenters. The van der Waals surface area contributed by atoms with Gasteiger partial charge in [0.25, 0.3) is 0 Å². The second kappa shape index (κ2) is 7.14. The van der Waals surface area contributed by atoms with Gasteiger partial charge in [-0.25, -0.2) is 0 Å². The zero-order chi connectivity index (χ0) is 16.3. The van der Waals surface area contributed by atoms with Crippen molar-refractivity contribution in [3.63, 3.8) is 0 Å². The highest BCUT2D eigenvalue weighted by molar-refractivity contribution is 5.70. The number of carboxylic acid groups (broad SMARTS) is 1. The van der Waals surface area contributed by atoms with Gasteiger partial charge in [-0.05, 0) is 55.0 Å². The summed E-state index contributed by atoms with van der Waals surface area (Å²) in [5.74, 6) is 0.455. The molecule has 0 radical (unpaired) electrons. The van der Waals surface area contributed by atoms with Crippen molar-refractivity contribution in [1.29, 1.82) is 0 Å². The summed E-state index contributed by atoms with van der Waals surface area (Å²) in [6.45, 7) is 8.88. The van der Waals surface area contributed by atoms with E-state index >= 15 is 0 Å². The van der Waals surface area contributed by atoms with E-state index in [0.717, 1.165) is 31.7 Å². The summed E-state index contributed by atoms with van der Waals surface area (Å²) in [5.41, 5.74) is 3.70. The fraction of sp³-hybridized carbons (Fsp3) is 0.611. The van der Waals surface area contributed by atoms with Gasteiger partial charge in [0.05, 0.1) is 13.0 Å². The SMILES string of the molecule is COc1cc(C)c(CN2CCCC(C(=O)O)C2)cc1C(C)C. The van der Waals surface area contributed by atoms with Crippen LogP contribution in [-0.2, 0) is 11.3 Å². The Morgan fingerprint density at radius 3 is 2.77 bits per heavy atom. The van der Waals surface area contributed by atoms with E-state index < -0.39 is 5.97 Å². The molecule has 0 spiro atoms. The molecule has 1 aliphatic heterocycles. The van der Waals surface area contributed by atoms with Gasteiger partial charge in [0, 0.05) is 13.1 Å². The van der Waals surface area contributed by atoms with Crippen LogP contribution in [0.15, 0.2) is 12.1 Å². The number of carboxylic acids is 1. The van der Waals surface area contributed by atoms with Crippen LogP contribution in [0.2, 0.25) is 0 Å². The van der Waals surface area contributed by atoms with Crippen LogP contribution >= 0.6 is 0 Å². The van der Waals surface area contributed by atoms with Crippen molar-refractivity contribution in [2.75, 3.05) is 20.2 Å². The summed E-state index contributed by atoms with van der Waals surface area (Å²) >= 11 is 0. The van der Waals surface area contributed by atoms with Gasteiger partial charge in [-0.2, -0.15) is 0 Å². The maximum atomic E-state index is 11.2. The molecule has 1 aliphatic rings. The number of piperidine rings is 1. The van der Waals surface area contributed by atoms with Crippen molar-refractivity contribution in [1.82, 2.24) is 4.90 Å². The van der Waals surface area contributed by atoms with E-state index in [1.165, 1.54) is 16.7 Å². The molecule has 0 saturated carbocycles. The molecule has 22 heavy (non-hydrogen) atoms. The topological polar surface area (TPSA) is 49.8 Å². The van der Waals surface area contributed by atoms with Crippen molar-refractivity contribution < 1.29 is 14.6 Å². The normalized spacial score (nSPS) is 19.4. The molecule has 1 aromatic carbocycles. The molecule has 1 heterocycles. The number of likely N-dealkylation sites (tertiary alicyclic amines) is 1. The van der Waals surface area contributed by atoms with E-state index in [-0.39, 0.29) is 5.92 Å². The predicted octanol–water partition coefficient (Wildman–Crippen LogP) is 3.42. The minimum atomic E-state index is -0.668. The number of hydrogen-bond donors (Lipinski definition) is 1. The van der Waals surface area contributed by atoms with Crippen LogP contribution < -0.4 is 4.74 Å². The lowest BCUT2D eigenvalue weighted by Crippen LogP contribution is -2.38. The van der Waals surface area contributed by atoms with E-state index in [1.807, 2.05) is 0 Å². The first kappa shape index (κ1) is 16.8. The van der Waals surface area contributed by atoms with Gasteiger partial charge < -0.3 is 9.84 Å². The van der Waals surface area contributed by atoms with Crippen molar-refractivity contribution in [3.05, 3.63) is 28.8 Å². The summed E-state index contributed by atoms with van der Waals surface area (Å²) in [6.07, 6.45) is 1.76. The second-order valence-corrected chi connectivity index (χ2v) is 6.59. The molecule has 1 saturated heterocycles. The van der Waals surface area contributed by atoms with Crippen molar-refractivity contribution in [2.45, 2.75) is 46.1 Å². The van der Waals surface area contributed by atoms with Gasteiger partial charge in [0.15, 0.2) is 0 Å². The molecule has 1 fully saturated rings. The van der Waals surface area contributed by atoms with Gasteiger partial charge in [-0.1, -0.05) is 19.9 Å². The largest absolute Gasteiger partial charge is 0.496 e. The van der Waals surface area contributed by atoms with Crippen LogP contribution in [0.25, 0.3) is 0 Å². The molecule has 1 aromatic rings. The minimum absolute atomic E-state index is 0.225. The van der Waals surface area contributed by atoms with E-state index in [2.05, 4.69) is 37.8 Å². The number of methoxy groups -OCH3 is 1. The van der Waals surface area contributed by atoms with E-state index in [0.29, 0.717) is 12.5 Å². The molecule has 122 valence electrons. The zero-order valence-electron chi connectivity index (χ0n) is 14.1. The number of nitrogens with zero attached hydrogens (tertiary/aromatic N) is 1. The summed E-state index contributed by atoms with van der Waals surface area (Å²) in [4.78, 5) is 13.5. The molecule has 0 aliphatic carbocycles. The fourth-order valence-electron chi connectivity index (χ4n) is 3.19. The van der Waals surface area contributed by atoms with Crippen molar-refractivity contribution >= 4 is 5.97 Å². The molecule has 4 nitrogen and oxygen atoms in total. The highest BCUT2D eigenvalue weighted by atomic mass is 16.5. The average Bonchev–Trinajstić information content (AvgIpc) is 2.48. The van der Waals surface area contributed by atoms with Crippen molar-refractivity contribution in [2.24, 2.45) is 5.92 Å². The van der Waals surface area contributed by atoms with Crippen LogP contribution in [0.5, 0.6) is 5.75 Å². The van der Waals surface area contributed by atoms with Crippen LogP contribution in [0.4, 0.5) is 0 Å². The summed E-state index contributed by atoms with van der Waals surface area (Å²) in [7, 11) is 1.71. The molecule has 4 heteroatoms. The lowest BCUT2D eigenvalue weighted by molar-refractivity contribution is -0.143. The Bertz CT molecular complexity index is 539. The monoisotopic (exact) mass is 305 g/mol. The van der Waals surface area contributed by atoms with Gasteiger partial charge in [0.1, 0.15) is 5.75 Å². The lowest BCUT2D eigenvalue weighted by atomic mass is 9.94. The second-order valence-electron chi connectivity index (χ2n) is 6.59. The third kappa shape index (κ3) is 3.80. The van der Waals surface area contributed by atoms with Crippen LogP contribution in [0, 0.1) is 12.8 Å². The Hall–Kier alpha value is -1.55. The molecule has 1 atom stereocenters. The molecule has 0 bridgehead atoms. The molecule has 0 amide bonds. The van der Waals surface area contributed by atoms with Gasteiger partial charge in [-0.15, -0.1) is 0 Å². The van der Waals surface area contributed by atoms with Crippen LogP contribution in [0.3, 0.4) is 0 Å². The maximum absolute atomic E-state index is 11.2. The molecular weight excluding hydrogens is 278 g/mol. The first-order valence-electron chi connectivity index (χ1n) is 8.05. The van der Waals surface area contributed by atoms with Crippen LogP contribution in [0.1, 0.15) is 49.3 Å². The Labute approximate surface area is 133 Å². The van der Waals surface area contributed by atoms with E-state index in [1.54, 1.807) is 7.11 Å². The molecular formula is C18H27NO3. The molecule has 2 rings (SSSR count). The molecule has 0 aromatic heterocycles. The standard InChI is InChI=1S/C18H27NO3/c1-12(2)16-9-15(13(3)8-17(16)22-4)11-19-7-5-6-14(10-19)18(20)21/h8-9,12,14H,5-7,10-11H2,1-4H3,(H,20,21). The number of ether oxygens (including phenoxy) is 1. The quantitative estimate of drug-likeness (QED) is 0.905. The Kier molecular flexibility index (Phi) is 5.46. The Morgan fingerprint density at radius 1 is 1.45 bits per heavy atom. The number of benzene rings is 1. The highest BCUT2D eigenvalue weighted by Crippen LogP contribution is 2.30. The number of rotatable bonds is 5. The third-order valence-corrected chi connectivity index (χ3v) is 4.56. The maximum Gasteiger partial charge on any atom is 0.307 e. The van der Waals surface area contributed by atoms with E-state index in [4.69, 9.17) is 4.74 Å². The summed E-state index contributed by atoms with van der Waals surface area (Å²) in [6, 6.07) is 4.33. The third-order valence-electron chi connectivity index (χ3n) is 4.56. The first-order valence-corrected chi connectivity index (χ1v) is 8.05. The first-order chi connectivity index (χ1) is 10.4. The lowest BCUT2D eigenvalue weighted by Gasteiger charge is -2.31. The van der Waals surface area contributed by atoms with E-state index in [9.17, 15) is 9.90 Å². The summed E-state index contributed by atoms with van der Waals surface area (Å²) < 4.78 is 5.49.